The number of rotatable bonds is 5. The minimum atomic E-state index is 0.673. The van der Waals surface area contributed by atoms with E-state index >= 15 is 0 Å². The molecule has 1 aromatic heterocycles. The van der Waals surface area contributed by atoms with Crippen LogP contribution in [0.25, 0.3) is 10.2 Å². The van der Waals surface area contributed by atoms with Crippen molar-refractivity contribution in [3.8, 4) is 5.75 Å². The molecule has 0 radical (unpaired) electrons. The zero-order valence-electron chi connectivity index (χ0n) is 10.2. The second-order valence-electron chi connectivity index (χ2n) is 3.70. The van der Waals surface area contributed by atoms with Gasteiger partial charge in [0.1, 0.15) is 11.3 Å². The summed E-state index contributed by atoms with van der Waals surface area (Å²) in [6, 6.07) is 4.01. The first-order chi connectivity index (χ1) is 8.26. The quantitative estimate of drug-likeness (QED) is 0.831. The first-order valence-corrected chi connectivity index (χ1v) is 6.25. The first kappa shape index (κ1) is 12.1. The van der Waals surface area contributed by atoms with Gasteiger partial charge in [-0.3, -0.25) is 0 Å². The largest absolute Gasteiger partial charge is 0.494 e. The van der Waals surface area contributed by atoms with E-state index in [1.54, 1.807) is 25.6 Å². The van der Waals surface area contributed by atoms with Crippen LogP contribution in [0.4, 0.5) is 5.13 Å². The van der Waals surface area contributed by atoms with E-state index in [1.807, 2.05) is 6.07 Å². The van der Waals surface area contributed by atoms with E-state index in [2.05, 4.69) is 23.3 Å². The maximum Gasteiger partial charge on any atom is 0.184 e. The number of nitrogens with one attached hydrogen (secondary N) is 1. The van der Waals surface area contributed by atoms with Gasteiger partial charge >= 0.3 is 0 Å². The molecule has 4 nitrogen and oxygen atoms in total. The molecule has 5 heteroatoms. The molecule has 0 unspecified atom stereocenters. The predicted molar refractivity (Wildman–Crippen MR) is 71.3 cm³/mol. The van der Waals surface area contributed by atoms with Crippen LogP contribution in [0.1, 0.15) is 5.56 Å². The van der Waals surface area contributed by atoms with E-state index in [0.717, 1.165) is 22.9 Å². The summed E-state index contributed by atoms with van der Waals surface area (Å²) in [5.41, 5.74) is 2.15. The number of nitrogens with zero attached hydrogens (tertiary/aromatic N) is 1. The number of hydrogen-bond acceptors (Lipinski definition) is 5. The number of hydrogen-bond donors (Lipinski definition) is 1. The number of aromatic nitrogens is 1. The van der Waals surface area contributed by atoms with E-state index in [-0.39, 0.29) is 0 Å². The van der Waals surface area contributed by atoms with Gasteiger partial charge in [-0.05, 0) is 18.6 Å². The van der Waals surface area contributed by atoms with Crippen molar-refractivity contribution in [2.75, 3.05) is 32.7 Å². The average molecular weight is 252 g/mol. The Kier molecular flexibility index (Phi) is 3.81. The molecular formula is C12H16N2O2S. The van der Waals surface area contributed by atoms with Gasteiger partial charge in [-0.1, -0.05) is 17.4 Å². The fourth-order valence-corrected chi connectivity index (χ4v) is 2.59. The molecule has 0 saturated carbocycles. The van der Waals surface area contributed by atoms with Crippen molar-refractivity contribution in [1.82, 2.24) is 4.98 Å². The molecule has 17 heavy (non-hydrogen) atoms. The summed E-state index contributed by atoms with van der Waals surface area (Å²) < 4.78 is 11.5. The number of ether oxygens (including phenoxy) is 2. The highest BCUT2D eigenvalue weighted by molar-refractivity contribution is 7.22. The van der Waals surface area contributed by atoms with Crippen molar-refractivity contribution in [1.29, 1.82) is 0 Å². The zero-order chi connectivity index (χ0) is 12.3. The summed E-state index contributed by atoms with van der Waals surface area (Å²) in [6.45, 7) is 3.52. The van der Waals surface area contributed by atoms with Crippen molar-refractivity contribution >= 4 is 26.7 Å². The Morgan fingerprint density at radius 1 is 1.35 bits per heavy atom. The van der Waals surface area contributed by atoms with Crippen LogP contribution >= 0.6 is 11.3 Å². The first-order valence-electron chi connectivity index (χ1n) is 5.43. The van der Waals surface area contributed by atoms with Crippen molar-refractivity contribution < 1.29 is 9.47 Å². The molecule has 0 amide bonds. The molecule has 0 saturated heterocycles. The Balaban J connectivity index is 2.31. The Bertz CT molecular complexity index is 510. The van der Waals surface area contributed by atoms with Crippen LogP contribution in [-0.2, 0) is 4.74 Å². The molecule has 2 aromatic rings. The number of thiazole rings is 1. The molecule has 0 atom stereocenters. The molecule has 1 heterocycles. The van der Waals surface area contributed by atoms with Crippen molar-refractivity contribution in [2.24, 2.45) is 0 Å². The highest BCUT2D eigenvalue weighted by Gasteiger charge is 2.10. The summed E-state index contributed by atoms with van der Waals surface area (Å²) in [7, 11) is 3.36. The third-order valence-electron chi connectivity index (χ3n) is 2.51. The van der Waals surface area contributed by atoms with Crippen molar-refractivity contribution in [3.63, 3.8) is 0 Å². The van der Waals surface area contributed by atoms with Crippen LogP contribution in [0.15, 0.2) is 12.1 Å². The maximum absolute atomic E-state index is 5.31. The molecule has 0 fully saturated rings. The monoisotopic (exact) mass is 252 g/mol. The van der Waals surface area contributed by atoms with Crippen LogP contribution in [0, 0.1) is 6.92 Å². The lowest BCUT2D eigenvalue weighted by Gasteiger charge is -2.01. The Labute approximate surface area is 105 Å². The summed E-state index contributed by atoms with van der Waals surface area (Å²) in [4.78, 5) is 4.54. The standard InChI is InChI=1S/C12H16N2O2S/c1-8-4-5-9(16-3)10-11(8)17-12(14-10)13-6-7-15-2/h4-5H,6-7H2,1-3H3,(H,13,14). The van der Waals surface area contributed by atoms with Gasteiger partial charge < -0.3 is 14.8 Å². The van der Waals surface area contributed by atoms with E-state index in [0.29, 0.717) is 6.61 Å². The topological polar surface area (TPSA) is 43.4 Å². The Morgan fingerprint density at radius 2 is 2.18 bits per heavy atom. The van der Waals surface area contributed by atoms with Crippen molar-refractivity contribution in [2.45, 2.75) is 6.92 Å². The molecule has 0 spiro atoms. The van der Waals surface area contributed by atoms with Gasteiger partial charge in [0.15, 0.2) is 5.13 Å². The lowest BCUT2D eigenvalue weighted by Crippen LogP contribution is -2.06. The third kappa shape index (κ3) is 2.50. The highest BCUT2D eigenvalue weighted by atomic mass is 32.1. The molecule has 0 aliphatic rings. The SMILES string of the molecule is COCCNc1nc2c(OC)ccc(C)c2s1. The number of methoxy groups -OCH3 is 2. The average Bonchev–Trinajstić information content (AvgIpc) is 2.75. The number of benzene rings is 1. The normalized spacial score (nSPS) is 10.8. The summed E-state index contributed by atoms with van der Waals surface area (Å²) in [6.07, 6.45) is 0. The molecule has 0 aliphatic heterocycles. The third-order valence-corrected chi connectivity index (χ3v) is 3.65. The molecule has 1 N–H and O–H groups in total. The van der Waals surface area contributed by atoms with Crippen LogP contribution in [0.2, 0.25) is 0 Å². The minimum absolute atomic E-state index is 0.673. The van der Waals surface area contributed by atoms with E-state index in [9.17, 15) is 0 Å². The maximum atomic E-state index is 5.31. The fourth-order valence-electron chi connectivity index (χ4n) is 1.61. The van der Waals surface area contributed by atoms with E-state index < -0.39 is 0 Å². The molecule has 0 bridgehead atoms. The predicted octanol–water partition coefficient (Wildman–Crippen LogP) is 2.67. The van der Waals surface area contributed by atoms with Crippen LogP contribution in [0.5, 0.6) is 5.75 Å². The van der Waals surface area contributed by atoms with Gasteiger partial charge in [-0.25, -0.2) is 4.98 Å². The van der Waals surface area contributed by atoms with E-state index in [1.165, 1.54) is 10.3 Å². The Morgan fingerprint density at radius 3 is 2.88 bits per heavy atom. The van der Waals surface area contributed by atoms with Crippen LogP contribution in [0.3, 0.4) is 0 Å². The van der Waals surface area contributed by atoms with Crippen LogP contribution < -0.4 is 10.1 Å². The van der Waals surface area contributed by atoms with Gasteiger partial charge in [-0.2, -0.15) is 0 Å². The van der Waals surface area contributed by atoms with Gasteiger partial charge in [0.25, 0.3) is 0 Å². The minimum Gasteiger partial charge on any atom is -0.494 e. The smallest absolute Gasteiger partial charge is 0.184 e. The van der Waals surface area contributed by atoms with Crippen LogP contribution in [-0.4, -0.2) is 32.4 Å². The van der Waals surface area contributed by atoms with Gasteiger partial charge in [0.05, 0.1) is 18.4 Å². The number of aryl methyl sites for hydroxylation is 1. The fraction of sp³-hybridized carbons (Fsp3) is 0.417. The second-order valence-corrected chi connectivity index (χ2v) is 4.70. The highest BCUT2D eigenvalue weighted by Crippen LogP contribution is 2.34. The molecule has 0 aliphatic carbocycles. The van der Waals surface area contributed by atoms with Crippen molar-refractivity contribution in [3.05, 3.63) is 17.7 Å². The summed E-state index contributed by atoms with van der Waals surface area (Å²) in [5, 5.41) is 4.15. The van der Waals surface area contributed by atoms with Gasteiger partial charge in [0, 0.05) is 13.7 Å². The molecule has 92 valence electrons. The summed E-state index contributed by atoms with van der Waals surface area (Å²) >= 11 is 1.65. The van der Waals surface area contributed by atoms with Gasteiger partial charge in [0.2, 0.25) is 0 Å². The van der Waals surface area contributed by atoms with Gasteiger partial charge in [-0.15, -0.1) is 0 Å². The molecule has 1 aromatic carbocycles. The lowest BCUT2D eigenvalue weighted by atomic mass is 10.2. The summed E-state index contributed by atoms with van der Waals surface area (Å²) in [5.74, 6) is 0.821. The zero-order valence-corrected chi connectivity index (χ0v) is 11.1. The Hall–Kier alpha value is -1.33. The molecular weight excluding hydrogens is 236 g/mol. The lowest BCUT2D eigenvalue weighted by molar-refractivity contribution is 0.211. The van der Waals surface area contributed by atoms with E-state index in [4.69, 9.17) is 9.47 Å². The number of fused-ring (bicyclic) bond motifs is 1. The second kappa shape index (κ2) is 5.33. The molecule has 2 rings (SSSR count). The number of anilines is 1.